The highest BCUT2D eigenvalue weighted by molar-refractivity contribution is 5.34. The van der Waals surface area contributed by atoms with Gasteiger partial charge in [-0.3, -0.25) is 4.90 Å². The molecular weight excluding hydrogens is 387 g/mol. The van der Waals surface area contributed by atoms with Crippen molar-refractivity contribution in [3.8, 4) is 5.75 Å². The molecule has 0 saturated carbocycles. The molecule has 0 spiro atoms. The van der Waals surface area contributed by atoms with Crippen LogP contribution in [0.4, 0.5) is 4.39 Å². The molecular formula is C27H31FN2O. The molecule has 0 aromatic heterocycles. The topological polar surface area (TPSA) is 15.7 Å². The van der Waals surface area contributed by atoms with Gasteiger partial charge < -0.3 is 9.64 Å². The molecule has 4 heteroatoms. The van der Waals surface area contributed by atoms with Crippen molar-refractivity contribution >= 4 is 0 Å². The van der Waals surface area contributed by atoms with Crippen LogP contribution in [0.3, 0.4) is 0 Å². The van der Waals surface area contributed by atoms with Crippen molar-refractivity contribution in [2.24, 2.45) is 0 Å². The van der Waals surface area contributed by atoms with Gasteiger partial charge in [-0.15, -0.1) is 0 Å². The number of likely N-dealkylation sites (tertiary alicyclic amines) is 1. The molecule has 0 radical (unpaired) electrons. The van der Waals surface area contributed by atoms with Crippen LogP contribution in [-0.4, -0.2) is 30.4 Å². The lowest BCUT2D eigenvalue weighted by molar-refractivity contribution is 0.238. The van der Waals surface area contributed by atoms with Crippen LogP contribution in [0.15, 0.2) is 72.8 Å². The number of hydrogen-bond acceptors (Lipinski definition) is 3. The monoisotopic (exact) mass is 418 g/mol. The average molecular weight is 419 g/mol. The molecule has 1 aliphatic rings. The van der Waals surface area contributed by atoms with E-state index in [4.69, 9.17) is 4.74 Å². The number of nitrogens with zero attached hydrogens (tertiary/aromatic N) is 2. The summed E-state index contributed by atoms with van der Waals surface area (Å²) in [4.78, 5) is 4.76. The van der Waals surface area contributed by atoms with Crippen LogP contribution in [0.2, 0.25) is 0 Å². The minimum atomic E-state index is -0.231. The highest BCUT2D eigenvalue weighted by atomic mass is 19.1. The summed E-state index contributed by atoms with van der Waals surface area (Å²) in [5.74, 6) is 0.643. The Morgan fingerprint density at radius 3 is 2.61 bits per heavy atom. The fourth-order valence-corrected chi connectivity index (χ4v) is 4.44. The van der Waals surface area contributed by atoms with Crippen LogP contribution in [0.5, 0.6) is 5.75 Å². The summed E-state index contributed by atoms with van der Waals surface area (Å²) in [5, 5.41) is 0. The maximum absolute atomic E-state index is 13.5. The summed E-state index contributed by atoms with van der Waals surface area (Å²) in [6.07, 6.45) is 2.38. The van der Waals surface area contributed by atoms with Gasteiger partial charge in [0.25, 0.3) is 0 Å². The molecule has 0 aliphatic carbocycles. The van der Waals surface area contributed by atoms with Crippen LogP contribution in [0.25, 0.3) is 0 Å². The van der Waals surface area contributed by atoms with E-state index in [-0.39, 0.29) is 5.82 Å². The molecule has 1 fully saturated rings. The van der Waals surface area contributed by atoms with E-state index >= 15 is 0 Å². The number of halogens is 1. The van der Waals surface area contributed by atoms with Crippen molar-refractivity contribution in [1.82, 2.24) is 9.80 Å². The largest absolute Gasteiger partial charge is 0.489 e. The summed E-state index contributed by atoms with van der Waals surface area (Å²) in [7, 11) is 4.21. The standard InChI is InChI=1S/C27H31FN2O/c1-29(2)18-21-8-5-11-23(16-21)26-13-7-15-30(26)19-24-10-3-4-14-27(24)31-20-22-9-6-12-25(28)17-22/h3-6,8-12,14,16-17,26H,7,13,15,18-20H2,1-2H3. The first-order valence-corrected chi connectivity index (χ1v) is 11.0. The highest BCUT2D eigenvalue weighted by Crippen LogP contribution is 2.35. The van der Waals surface area contributed by atoms with Crippen LogP contribution >= 0.6 is 0 Å². The molecule has 0 bridgehead atoms. The Hall–Kier alpha value is -2.69. The van der Waals surface area contributed by atoms with E-state index in [9.17, 15) is 4.39 Å². The average Bonchev–Trinajstić information content (AvgIpc) is 3.21. The number of rotatable bonds is 8. The summed E-state index contributed by atoms with van der Waals surface area (Å²) in [5.41, 5.74) is 4.77. The molecule has 3 aromatic rings. The Morgan fingerprint density at radius 2 is 1.77 bits per heavy atom. The second-order valence-corrected chi connectivity index (χ2v) is 8.64. The molecule has 162 valence electrons. The van der Waals surface area contributed by atoms with Gasteiger partial charge in [0.2, 0.25) is 0 Å². The summed E-state index contributed by atoms with van der Waals surface area (Å²) in [6, 6.07) is 24.2. The van der Waals surface area contributed by atoms with Crippen molar-refractivity contribution in [2.75, 3.05) is 20.6 Å². The Labute approximate surface area is 185 Å². The third kappa shape index (κ3) is 5.72. The Balaban J connectivity index is 1.47. The number of ether oxygens (including phenoxy) is 1. The maximum atomic E-state index is 13.5. The Kier molecular flexibility index (Phi) is 7.00. The van der Waals surface area contributed by atoms with Gasteiger partial charge in [0.1, 0.15) is 18.2 Å². The predicted molar refractivity (Wildman–Crippen MR) is 123 cm³/mol. The molecule has 1 saturated heterocycles. The Bertz CT molecular complexity index is 1000. The molecule has 0 N–H and O–H groups in total. The molecule has 3 nitrogen and oxygen atoms in total. The SMILES string of the molecule is CN(C)Cc1cccc(C2CCCN2Cc2ccccc2OCc2cccc(F)c2)c1. The minimum Gasteiger partial charge on any atom is -0.489 e. The smallest absolute Gasteiger partial charge is 0.124 e. The van der Waals surface area contributed by atoms with Gasteiger partial charge in [0, 0.05) is 24.7 Å². The molecule has 31 heavy (non-hydrogen) atoms. The predicted octanol–water partition coefficient (Wildman–Crippen LogP) is 5.80. The lowest BCUT2D eigenvalue weighted by Crippen LogP contribution is -2.23. The normalized spacial score (nSPS) is 16.7. The van der Waals surface area contributed by atoms with Crippen LogP contribution < -0.4 is 4.74 Å². The second kappa shape index (κ2) is 10.1. The first-order valence-electron chi connectivity index (χ1n) is 11.0. The molecule has 1 heterocycles. The van der Waals surface area contributed by atoms with E-state index in [0.717, 1.165) is 30.9 Å². The fraction of sp³-hybridized carbons (Fsp3) is 0.333. The van der Waals surface area contributed by atoms with Crippen LogP contribution in [-0.2, 0) is 19.7 Å². The van der Waals surface area contributed by atoms with Crippen molar-refractivity contribution in [2.45, 2.75) is 38.6 Å². The summed E-state index contributed by atoms with van der Waals surface area (Å²) < 4.78 is 19.6. The molecule has 4 rings (SSSR count). The highest BCUT2D eigenvalue weighted by Gasteiger charge is 2.27. The number of para-hydroxylation sites is 1. The van der Waals surface area contributed by atoms with E-state index in [0.29, 0.717) is 12.6 Å². The van der Waals surface area contributed by atoms with E-state index in [2.05, 4.69) is 60.3 Å². The van der Waals surface area contributed by atoms with Gasteiger partial charge in [-0.05, 0) is 68.4 Å². The minimum absolute atomic E-state index is 0.231. The quantitative estimate of drug-likeness (QED) is 0.460. The Morgan fingerprint density at radius 1 is 0.968 bits per heavy atom. The van der Waals surface area contributed by atoms with E-state index in [1.807, 2.05) is 18.2 Å². The van der Waals surface area contributed by atoms with Crippen LogP contribution in [0.1, 0.15) is 41.1 Å². The van der Waals surface area contributed by atoms with E-state index in [1.54, 1.807) is 6.07 Å². The molecule has 1 atom stereocenters. The zero-order valence-corrected chi connectivity index (χ0v) is 18.4. The third-order valence-corrected chi connectivity index (χ3v) is 5.83. The molecule has 0 amide bonds. The van der Waals surface area contributed by atoms with Crippen LogP contribution in [0, 0.1) is 5.82 Å². The van der Waals surface area contributed by atoms with Crippen molar-refractivity contribution in [3.63, 3.8) is 0 Å². The fourth-order valence-electron chi connectivity index (χ4n) is 4.44. The molecule has 3 aromatic carbocycles. The van der Waals surface area contributed by atoms with Crippen molar-refractivity contribution in [1.29, 1.82) is 0 Å². The van der Waals surface area contributed by atoms with E-state index in [1.165, 1.54) is 41.7 Å². The van der Waals surface area contributed by atoms with Gasteiger partial charge in [-0.25, -0.2) is 4.39 Å². The van der Waals surface area contributed by atoms with E-state index < -0.39 is 0 Å². The number of hydrogen-bond donors (Lipinski definition) is 0. The third-order valence-electron chi connectivity index (χ3n) is 5.83. The van der Waals surface area contributed by atoms with Gasteiger partial charge in [0.15, 0.2) is 0 Å². The van der Waals surface area contributed by atoms with Crippen molar-refractivity contribution in [3.05, 3.63) is 101 Å². The second-order valence-electron chi connectivity index (χ2n) is 8.64. The van der Waals surface area contributed by atoms with Gasteiger partial charge in [-0.2, -0.15) is 0 Å². The zero-order valence-electron chi connectivity index (χ0n) is 18.4. The van der Waals surface area contributed by atoms with Crippen molar-refractivity contribution < 1.29 is 9.13 Å². The lowest BCUT2D eigenvalue weighted by atomic mass is 10.0. The van der Waals surface area contributed by atoms with Gasteiger partial charge in [0.05, 0.1) is 0 Å². The zero-order chi connectivity index (χ0) is 21.6. The number of benzene rings is 3. The first-order chi connectivity index (χ1) is 15.1. The van der Waals surface area contributed by atoms with Gasteiger partial charge in [-0.1, -0.05) is 54.6 Å². The van der Waals surface area contributed by atoms with Gasteiger partial charge >= 0.3 is 0 Å². The summed E-state index contributed by atoms with van der Waals surface area (Å²) >= 11 is 0. The lowest BCUT2D eigenvalue weighted by Gasteiger charge is -2.26. The first kappa shape index (κ1) is 21.5. The maximum Gasteiger partial charge on any atom is 0.124 e. The molecule has 1 aliphatic heterocycles. The molecule has 1 unspecified atom stereocenters. The summed E-state index contributed by atoms with van der Waals surface area (Å²) in [6.45, 7) is 3.25.